The molecule has 0 aliphatic carbocycles. The highest BCUT2D eigenvalue weighted by Crippen LogP contribution is 1.98. The molecule has 2 atom stereocenters. The molecule has 0 heterocycles. The zero-order valence-corrected chi connectivity index (χ0v) is 10.6. The highest BCUT2D eigenvalue weighted by molar-refractivity contribution is 7.81. The second-order valence-corrected chi connectivity index (χ2v) is 4.15. The van der Waals surface area contributed by atoms with E-state index in [9.17, 15) is 19.2 Å². The summed E-state index contributed by atoms with van der Waals surface area (Å²) in [6, 6.07) is -2.27. The number of urea groups is 1. The molecule has 0 rings (SSSR count). The third kappa shape index (κ3) is 7.86. The van der Waals surface area contributed by atoms with Gasteiger partial charge in [0.1, 0.15) is 11.3 Å². The first-order valence-electron chi connectivity index (χ1n) is 5.14. The van der Waals surface area contributed by atoms with E-state index < -0.39 is 41.7 Å². The summed E-state index contributed by atoms with van der Waals surface area (Å²) in [6.07, 6.45) is -0.692. The van der Waals surface area contributed by atoms with Crippen LogP contribution in [0.15, 0.2) is 0 Å². The van der Waals surface area contributed by atoms with Gasteiger partial charge in [-0.15, -0.1) is 0 Å². The summed E-state index contributed by atoms with van der Waals surface area (Å²) in [5, 5.41) is 28.7. The van der Waals surface area contributed by atoms with Crippen molar-refractivity contribution in [1.82, 2.24) is 10.6 Å². The monoisotopic (exact) mass is 294 g/mol. The van der Waals surface area contributed by atoms with E-state index in [-0.39, 0.29) is 13.0 Å². The predicted molar refractivity (Wildman–Crippen MR) is 65.2 cm³/mol. The Morgan fingerprint density at radius 1 is 1.05 bits per heavy atom. The van der Waals surface area contributed by atoms with Crippen molar-refractivity contribution >= 4 is 36.6 Å². The van der Waals surface area contributed by atoms with Crippen molar-refractivity contribution in [3.05, 3.63) is 0 Å². The lowest BCUT2D eigenvalue weighted by molar-refractivity contribution is -0.141. The van der Waals surface area contributed by atoms with Crippen molar-refractivity contribution in [1.29, 1.82) is 0 Å². The molecule has 19 heavy (non-hydrogen) atoms. The number of nitrogens with one attached hydrogen (secondary N) is 2. The van der Waals surface area contributed by atoms with Crippen LogP contribution in [-0.4, -0.2) is 57.1 Å². The van der Waals surface area contributed by atoms with Gasteiger partial charge in [0.2, 0.25) is 0 Å². The van der Waals surface area contributed by atoms with E-state index in [4.69, 9.17) is 15.3 Å². The van der Waals surface area contributed by atoms with Crippen LogP contribution in [0.3, 0.4) is 0 Å². The molecule has 0 aliphatic rings. The van der Waals surface area contributed by atoms with Gasteiger partial charge in [0, 0.05) is 13.0 Å². The molecule has 108 valence electrons. The molecule has 0 spiro atoms. The van der Waals surface area contributed by atoms with Crippen molar-refractivity contribution in [2.24, 2.45) is 0 Å². The first-order valence-corrected chi connectivity index (χ1v) is 5.65. The van der Waals surface area contributed by atoms with Crippen molar-refractivity contribution in [3.8, 4) is 0 Å². The summed E-state index contributed by atoms with van der Waals surface area (Å²) in [6.45, 7) is -0.296. The van der Waals surface area contributed by atoms with Gasteiger partial charge in [-0.1, -0.05) is 0 Å². The quantitative estimate of drug-likeness (QED) is 0.313. The largest absolute Gasteiger partial charge is 0.481 e. The Balaban J connectivity index is 4.20. The molecule has 0 bridgehead atoms. The smallest absolute Gasteiger partial charge is 0.326 e. The number of carboxylic acids is 3. The standard InChI is InChI=1S/C9H14N2O7S/c12-6(13)2-1-4(7(14)15)11-9(18)10-3-5(19)8(16)17/h4-5,19H,1-3H2,(H,12,13)(H,14,15)(H,16,17)(H2,10,11,18)/t4-,5+/m0/s1. The Hall–Kier alpha value is -1.97. The molecule has 2 amide bonds. The lowest BCUT2D eigenvalue weighted by Gasteiger charge is -2.15. The molecular formula is C9H14N2O7S. The summed E-state index contributed by atoms with van der Waals surface area (Å²) in [5.74, 6) is -3.80. The van der Waals surface area contributed by atoms with Crippen LogP contribution in [0.4, 0.5) is 4.79 Å². The molecule has 0 aromatic carbocycles. The first-order chi connectivity index (χ1) is 8.73. The Kier molecular flexibility index (Phi) is 7.34. The molecule has 9 nitrogen and oxygen atoms in total. The Bertz CT molecular complexity index is 374. The number of aliphatic carboxylic acids is 3. The van der Waals surface area contributed by atoms with Gasteiger partial charge < -0.3 is 26.0 Å². The fourth-order valence-electron chi connectivity index (χ4n) is 1.01. The molecule has 0 saturated carbocycles. The Labute approximate surface area is 113 Å². The number of rotatable bonds is 8. The highest BCUT2D eigenvalue weighted by Gasteiger charge is 2.21. The van der Waals surface area contributed by atoms with E-state index in [1.165, 1.54) is 0 Å². The number of carbonyl (C=O) groups excluding carboxylic acids is 1. The van der Waals surface area contributed by atoms with Crippen LogP contribution < -0.4 is 10.6 Å². The van der Waals surface area contributed by atoms with E-state index in [0.717, 1.165) is 0 Å². The van der Waals surface area contributed by atoms with Crippen LogP contribution in [-0.2, 0) is 14.4 Å². The number of thiol groups is 1. The van der Waals surface area contributed by atoms with Crippen LogP contribution in [0.25, 0.3) is 0 Å². The number of hydrogen-bond donors (Lipinski definition) is 6. The summed E-state index contributed by atoms with van der Waals surface area (Å²) in [5.41, 5.74) is 0. The van der Waals surface area contributed by atoms with Crippen LogP contribution in [0.1, 0.15) is 12.8 Å². The van der Waals surface area contributed by atoms with E-state index in [1.54, 1.807) is 0 Å². The minimum Gasteiger partial charge on any atom is -0.481 e. The average Bonchev–Trinajstić information content (AvgIpc) is 2.30. The number of hydrogen-bond acceptors (Lipinski definition) is 5. The van der Waals surface area contributed by atoms with Crippen LogP contribution in [0, 0.1) is 0 Å². The van der Waals surface area contributed by atoms with Crippen LogP contribution in [0.5, 0.6) is 0 Å². The van der Waals surface area contributed by atoms with E-state index in [2.05, 4.69) is 17.9 Å². The highest BCUT2D eigenvalue weighted by atomic mass is 32.1. The number of carboxylic acid groups (broad SMARTS) is 3. The van der Waals surface area contributed by atoms with Gasteiger partial charge in [-0.05, 0) is 6.42 Å². The third-order valence-corrected chi connectivity index (χ3v) is 2.39. The Morgan fingerprint density at radius 2 is 1.63 bits per heavy atom. The second-order valence-electron chi connectivity index (χ2n) is 3.53. The number of amides is 2. The lowest BCUT2D eigenvalue weighted by Crippen LogP contribution is -2.48. The summed E-state index contributed by atoms with van der Waals surface area (Å²) in [4.78, 5) is 42.7. The van der Waals surface area contributed by atoms with Crippen molar-refractivity contribution in [2.75, 3.05) is 6.54 Å². The molecule has 5 N–H and O–H groups in total. The molecular weight excluding hydrogens is 280 g/mol. The van der Waals surface area contributed by atoms with E-state index >= 15 is 0 Å². The van der Waals surface area contributed by atoms with Crippen molar-refractivity contribution in [3.63, 3.8) is 0 Å². The first kappa shape index (κ1) is 17.0. The molecule has 0 fully saturated rings. The lowest BCUT2D eigenvalue weighted by atomic mass is 10.1. The van der Waals surface area contributed by atoms with Crippen LogP contribution in [0.2, 0.25) is 0 Å². The van der Waals surface area contributed by atoms with E-state index in [1.807, 2.05) is 5.32 Å². The molecule has 0 radical (unpaired) electrons. The minimum atomic E-state index is -1.38. The maximum atomic E-state index is 11.3. The molecule has 0 saturated heterocycles. The second kappa shape index (κ2) is 8.19. The van der Waals surface area contributed by atoms with Gasteiger partial charge in [0.05, 0.1) is 0 Å². The van der Waals surface area contributed by atoms with Gasteiger partial charge in [-0.25, -0.2) is 9.59 Å². The molecule has 10 heteroatoms. The molecule has 0 aromatic heterocycles. The topological polar surface area (TPSA) is 153 Å². The fourth-order valence-corrected chi connectivity index (χ4v) is 1.10. The van der Waals surface area contributed by atoms with Crippen LogP contribution >= 0.6 is 12.6 Å². The van der Waals surface area contributed by atoms with Gasteiger partial charge in [0.15, 0.2) is 0 Å². The molecule has 0 aliphatic heterocycles. The summed E-state index contributed by atoms with van der Waals surface area (Å²) in [7, 11) is 0. The fraction of sp³-hybridized carbons (Fsp3) is 0.556. The van der Waals surface area contributed by atoms with E-state index in [0.29, 0.717) is 0 Å². The average molecular weight is 294 g/mol. The zero-order chi connectivity index (χ0) is 15.0. The van der Waals surface area contributed by atoms with Crippen molar-refractivity contribution in [2.45, 2.75) is 24.1 Å². The summed E-state index contributed by atoms with van der Waals surface area (Å²) < 4.78 is 0. The predicted octanol–water partition coefficient (Wildman–Crippen LogP) is -1.01. The van der Waals surface area contributed by atoms with Gasteiger partial charge in [0.25, 0.3) is 0 Å². The Morgan fingerprint density at radius 3 is 2.05 bits per heavy atom. The number of carbonyl (C=O) groups is 4. The van der Waals surface area contributed by atoms with Gasteiger partial charge in [-0.3, -0.25) is 9.59 Å². The molecule has 0 unspecified atom stereocenters. The normalized spacial score (nSPS) is 13.1. The maximum absolute atomic E-state index is 11.3. The minimum absolute atomic E-state index is 0.276. The zero-order valence-electron chi connectivity index (χ0n) is 9.70. The third-order valence-electron chi connectivity index (χ3n) is 1.99. The van der Waals surface area contributed by atoms with Gasteiger partial charge in [-0.2, -0.15) is 12.6 Å². The van der Waals surface area contributed by atoms with Gasteiger partial charge >= 0.3 is 23.9 Å². The maximum Gasteiger partial charge on any atom is 0.326 e. The molecule has 0 aromatic rings. The van der Waals surface area contributed by atoms with Crippen molar-refractivity contribution < 1.29 is 34.5 Å². The SMILES string of the molecule is O=C(O)CC[C@H](NC(=O)NC[C@@H](S)C(=O)O)C(=O)O. The summed E-state index contributed by atoms with van der Waals surface area (Å²) >= 11 is 3.66.